The topological polar surface area (TPSA) is 41.6 Å². The molecule has 96 valence electrons. The fraction of sp³-hybridized carbons (Fsp3) is 0.0588. The minimum atomic E-state index is 0.652. The molecule has 3 nitrogen and oxygen atoms in total. The highest BCUT2D eigenvalue weighted by atomic mass is 15.3. The standard InChI is InChI=1S/C17H13N3/c1-13-11-17(15-5-3-2-4-6-15)20(19-13)16-9-7-14(12-18)8-10-16/h2-11H,1H3. The Morgan fingerprint density at radius 2 is 1.70 bits per heavy atom. The van der Waals surface area contributed by atoms with Gasteiger partial charge in [-0.15, -0.1) is 0 Å². The van der Waals surface area contributed by atoms with Crippen molar-refractivity contribution in [1.82, 2.24) is 9.78 Å². The average molecular weight is 259 g/mol. The number of aryl methyl sites for hydroxylation is 1. The Labute approximate surface area is 117 Å². The Morgan fingerprint density at radius 3 is 2.35 bits per heavy atom. The normalized spacial score (nSPS) is 10.2. The molecule has 20 heavy (non-hydrogen) atoms. The Morgan fingerprint density at radius 1 is 1.00 bits per heavy atom. The van der Waals surface area contributed by atoms with E-state index in [2.05, 4.69) is 29.4 Å². The third kappa shape index (κ3) is 2.19. The zero-order valence-electron chi connectivity index (χ0n) is 11.1. The predicted octanol–water partition coefficient (Wildman–Crippen LogP) is 3.72. The maximum absolute atomic E-state index is 8.86. The van der Waals surface area contributed by atoms with Crippen molar-refractivity contribution >= 4 is 0 Å². The Hall–Kier alpha value is -2.86. The van der Waals surface area contributed by atoms with E-state index in [0.29, 0.717) is 5.56 Å². The molecule has 0 saturated heterocycles. The molecule has 0 bridgehead atoms. The SMILES string of the molecule is Cc1cc(-c2ccccc2)n(-c2ccc(C#N)cc2)n1. The summed E-state index contributed by atoms with van der Waals surface area (Å²) >= 11 is 0. The molecule has 1 aromatic heterocycles. The largest absolute Gasteiger partial charge is 0.233 e. The minimum Gasteiger partial charge on any atom is -0.233 e. The maximum atomic E-state index is 8.86. The molecule has 0 N–H and O–H groups in total. The van der Waals surface area contributed by atoms with Crippen molar-refractivity contribution < 1.29 is 0 Å². The van der Waals surface area contributed by atoms with Gasteiger partial charge in [0.2, 0.25) is 0 Å². The zero-order valence-corrected chi connectivity index (χ0v) is 11.1. The van der Waals surface area contributed by atoms with E-state index in [1.807, 2.05) is 41.9 Å². The van der Waals surface area contributed by atoms with Gasteiger partial charge in [0.05, 0.1) is 28.7 Å². The summed E-state index contributed by atoms with van der Waals surface area (Å²) in [6, 6.07) is 21.8. The predicted molar refractivity (Wildman–Crippen MR) is 78.5 cm³/mol. The second-order valence-corrected chi connectivity index (χ2v) is 4.61. The van der Waals surface area contributed by atoms with Crippen LogP contribution in [0.15, 0.2) is 60.7 Å². The number of hydrogen-bond acceptors (Lipinski definition) is 2. The zero-order chi connectivity index (χ0) is 13.9. The first-order valence-electron chi connectivity index (χ1n) is 6.40. The monoisotopic (exact) mass is 259 g/mol. The number of hydrogen-bond donors (Lipinski definition) is 0. The first-order valence-corrected chi connectivity index (χ1v) is 6.40. The summed E-state index contributed by atoms with van der Waals surface area (Å²) in [7, 11) is 0. The molecule has 1 heterocycles. The summed E-state index contributed by atoms with van der Waals surface area (Å²) < 4.78 is 1.91. The van der Waals surface area contributed by atoms with Crippen LogP contribution in [0.3, 0.4) is 0 Å². The summed E-state index contributed by atoms with van der Waals surface area (Å²) in [4.78, 5) is 0. The average Bonchev–Trinajstić information content (AvgIpc) is 2.90. The van der Waals surface area contributed by atoms with E-state index in [4.69, 9.17) is 5.26 Å². The number of aromatic nitrogens is 2. The molecule has 0 atom stereocenters. The van der Waals surface area contributed by atoms with Gasteiger partial charge < -0.3 is 0 Å². The fourth-order valence-electron chi connectivity index (χ4n) is 2.19. The number of benzene rings is 2. The lowest BCUT2D eigenvalue weighted by Crippen LogP contribution is -1.99. The number of rotatable bonds is 2. The molecule has 0 radical (unpaired) electrons. The van der Waals surface area contributed by atoms with Crippen LogP contribution in [-0.2, 0) is 0 Å². The lowest BCUT2D eigenvalue weighted by atomic mass is 10.1. The lowest BCUT2D eigenvalue weighted by molar-refractivity contribution is 0.869. The van der Waals surface area contributed by atoms with Gasteiger partial charge in [-0.05, 0) is 37.3 Å². The van der Waals surface area contributed by atoms with Crippen molar-refractivity contribution in [2.45, 2.75) is 6.92 Å². The molecular formula is C17H13N3. The number of nitrogens with zero attached hydrogens (tertiary/aromatic N) is 3. The van der Waals surface area contributed by atoms with Crippen LogP contribution in [0.1, 0.15) is 11.3 Å². The smallest absolute Gasteiger partial charge is 0.0991 e. The Bertz CT molecular complexity index is 762. The van der Waals surface area contributed by atoms with Crippen molar-refractivity contribution in [2.75, 3.05) is 0 Å². The van der Waals surface area contributed by atoms with Crippen molar-refractivity contribution in [3.63, 3.8) is 0 Å². The number of nitriles is 1. The summed E-state index contributed by atoms with van der Waals surface area (Å²) in [5.74, 6) is 0. The quantitative estimate of drug-likeness (QED) is 0.703. The van der Waals surface area contributed by atoms with Crippen molar-refractivity contribution in [3.05, 3.63) is 71.9 Å². The van der Waals surface area contributed by atoms with Crippen LogP contribution in [-0.4, -0.2) is 9.78 Å². The molecule has 0 amide bonds. The second kappa shape index (κ2) is 5.02. The van der Waals surface area contributed by atoms with Crippen molar-refractivity contribution in [2.24, 2.45) is 0 Å². The molecule has 3 rings (SSSR count). The molecule has 3 heteroatoms. The highest BCUT2D eigenvalue weighted by Crippen LogP contribution is 2.23. The van der Waals surface area contributed by atoms with Crippen molar-refractivity contribution in [3.8, 4) is 23.0 Å². The van der Waals surface area contributed by atoms with Gasteiger partial charge in [0.15, 0.2) is 0 Å². The highest BCUT2D eigenvalue weighted by molar-refractivity contribution is 5.62. The van der Waals surface area contributed by atoms with E-state index >= 15 is 0 Å². The fourth-order valence-corrected chi connectivity index (χ4v) is 2.19. The van der Waals surface area contributed by atoms with E-state index in [-0.39, 0.29) is 0 Å². The summed E-state index contributed by atoms with van der Waals surface area (Å²) in [6.45, 7) is 1.98. The molecular weight excluding hydrogens is 246 g/mol. The molecule has 0 fully saturated rings. The van der Waals surface area contributed by atoms with Crippen LogP contribution in [0, 0.1) is 18.3 Å². The highest BCUT2D eigenvalue weighted by Gasteiger charge is 2.09. The molecule has 0 saturated carbocycles. The van der Waals surface area contributed by atoms with Gasteiger partial charge in [-0.1, -0.05) is 30.3 Å². The molecule has 2 aromatic carbocycles. The van der Waals surface area contributed by atoms with E-state index in [9.17, 15) is 0 Å². The van der Waals surface area contributed by atoms with Gasteiger partial charge in [-0.2, -0.15) is 10.4 Å². The minimum absolute atomic E-state index is 0.652. The van der Waals surface area contributed by atoms with Gasteiger partial charge in [-0.3, -0.25) is 0 Å². The summed E-state index contributed by atoms with van der Waals surface area (Å²) in [5, 5.41) is 13.4. The van der Waals surface area contributed by atoms with Gasteiger partial charge in [0.25, 0.3) is 0 Å². The third-order valence-corrected chi connectivity index (χ3v) is 3.14. The first kappa shape index (κ1) is 12.2. The molecule has 0 spiro atoms. The molecule has 0 unspecified atom stereocenters. The van der Waals surface area contributed by atoms with Crippen LogP contribution >= 0.6 is 0 Å². The summed E-state index contributed by atoms with van der Waals surface area (Å²) in [6.07, 6.45) is 0. The molecule has 0 aliphatic heterocycles. The van der Waals surface area contributed by atoms with Crippen LogP contribution in [0.5, 0.6) is 0 Å². The Balaban J connectivity index is 2.12. The van der Waals surface area contributed by atoms with E-state index in [1.165, 1.54) is 0 Å². The Kier molecular flexibility index (Phi) is 3.06. The second-order valence-electron chi connectivity index (χ2n) is 4.61. The van der Waals surface area contributed by atoms with Crippen LogP contribution in [0.4, 0.5) is 0 Å². The lowest BCUT2D eigenvalue weighted by Gasteiger charge is -2.07. The third-order valence-electron chi connectivity index (χ3n) is 3.14. The molecule has 0 aliphatic rings. The first-order chi connectivity index (χ1) is 9.78. The van der Waals surface area contributed by atoms with E-state index < -0.39 is 0 Å². The van der Waals surface area contributed by atoms with Gasteiger partial charge in [-0.25, -0.2) is 4.68 Å². The van der Waals surface area contributed by atoms with Crippen molar-refractivity contribution in [1.29, 1.82) is 5.26 Å². The van der Waals surface area contributed by atoms with Crippen LogP contribution < -0.4 is 0 Å². The van der Waals surface area contributed by atoms with E-state index in [0.717, 1.165) is 22.6 Å². The van der Waals surface area contributed by atoms with Gasteiger partial charge in [0.1, 0.15) is 0 Å². The van der Waals surface area contributed by atoms with Gasteiger partial charge in [0, 0.05) is 5.56 Å². The van der Waals surface area contributed by atoms with Crippen LogP contribution in [0.2, 0.25) is 0 Å². The molecule has 3 aromatic rings. The maximum Gasteiger partial charge on any atom is 0.0991 e. The van der Waals surface area contributed by atoms with Gasteiger partial charge >= 0.3 is 0 Å². The van der Waals surface area contributed by atoms with E-state index in [1.54, 1.807) is 12.1 Å². The van der Waals surface area contributed by atoms with Crippen LogP contribution in [0.25, 0.3) is 16.9 Å². The molecule has 0 aliphatic carbocycles. The summed E-state index contributed by atoms with van der Waals surface area (Å²) in [5.41, 5.74) is 4.74.